The summed E-state index contributed by atoms with van der Waals surface area (Å²) in [7, 11) is 0. The third-order valence-electron chi connectivity index (χ3n) is 2.96. The highest BCUT2D eigenvalue weighted by Crippen LogP contribution is 2.24. The predicted octanol–water partition coefficient (Wildman–Crippen LogP) is 2.29. The van der Waals surface area contributed by atoms with Crippen molar-refractivity contribution in [2.24, 2.45) is 5.73 Å². The van der Waals surface area contributed by atoms with Gasteiger partial charge in [0.15, 0.2) is 6.04 Å². The molecule has 0 aliphatic rings. The Morgan fingerprint density at radius 1 is 1.10 bits per heavy atom. The second-order valence-corrected chi connectivity index (χ2v) is 4.38. The van der Waals surface area contributed by atoms with Crippen molar-refractivity contribution in [1.82, 2.24) is 5.32 Å². The molecule has 0 radical (unpaired) electrons. The molecule has 2 amide bonds. The summed E-state index contributed by atoms with van der Waals surface area (Å²) in [6.07, 6.45) is 0. The van der Waals surface area contributed by atoms with Crippen LogP contribution in [0.5, 0.6) is 0 Å². The molecule has 0 saturated heterocycles. The molecule has 108 valence electrons. The Morgan fingerprint density at radius 3 is 2.24 bits per heavy atom. The number of halogens is 1. The molecular formula is C15H13FN2O3. The van der Waals surface area contributed by atoms with Crippen LogP contribution < -0.4 is 11.1 Å². The lowest BCUT2D eigenvalue weighted by atomic mass is 10.0. The Bertz CT molecular complexity index is 671. The summed E-state index contributed by atoms with van der Waals surface area (Å²) in [4.78, 5) is 21.9. The predicted molar refractivity (Wildman–Crippen MR) is 74.9 cm³/mol. The number of carbonyl (C=O) groups is 2. The van der Waals surface area contributed by atoms with E-state index >= 15 is 0 Å². The highest BCUT2D eigenvalue weighted by atomic mass is 19.1. The fourth-order valence-corrected chi connectivity index (χ4v) is 1.98. The summed E-state index contributed by atoms with van der Waals surface area (Å²) in [5, 5.41) is 11.2. The van der Waals surface area contributed by atoms with Crippen LogP contribution in [0, 0.1) is 5.82 Å². The number of carbonyl (C=O) groups excluding carboxylic acids is 1. The SMILES string of the molecule is NC(=O)NC(C(=O)O)c1ccc(-c2ccccc2F)cc1. The molecule has 4 N–H and O–H groups in total. The van der Waals surface area contributed by atoms with Crippen LogP contribution in [-0.4, -0.2) is 17.1 Å². The molecule has 0 aliphatic carbocycles. The van der Waals surface area contributed by atoms with Gasteiger partial charge in [-0.25, -0.2) is 14.0 Å². The first-order valence-electron chi connectivity index (χ1n) is 6.12. The number of rotatable bonds is 4. The zero-order valence-electron chi connectivity index (χ0n) is 10.9. The van der Waals surface area contributed by atoms with E-state index in [-0.39, 0.29) is 5.82 Å². The first kappa shape index (κ1) is 14.5. The quantitative estimate of drug-likeness (QED) is 0.805. The molecule has 1 unspecified atom stereocenters. The molecule has 0 bridgehead atoms. The number of amides is 2. The van der Waals surface area contributed by atoms with Gasteiger partial charge in [-0.3, -0.25) is 0 Å². The van der Waals surface area contributed by atoms with E-state index < -0.39 is 18.0 Å². The second-order valence-electron chi connectivity index (χ2n) is 4.38. The normalized spacial score (nSPS) is 11.7. The van der Waals surface area contributed by atoms with E-state index in [1.807, 2.05) is 0 Å². The van der Waals surface area contributed by atoms with Crippen LogP contribution in [0.3, 0.4) is 0 Å². The number of benzene rings is 2. The van der Waals surface area contributed by atoms with Gasteiger partial charge in [-0.15, -0.1) is 0 Å². The van der Waals surface area contributed by atoms with Gasteiger partial charge in [0, 0.05) is 5.56 Å². The maximum atomic E-state index is 13.7. The molecule has 0 spiro atoms. The number of nitrogens with two attached hydrogens (primary N) is 1. The minimum atomic E-state index is -1.24. The van der Waals surface area contributed by atoms with Crippen molar-refractivity contribution in [3.8, 4) is 11.1 Å². The van der Waals surface area contributed by atoms with Crippen LogP contribution in [0.2, 0.25) is 0 Å². The smallest absolute Gasteiger partial charge is 0.330 e. The van der Waals surface area contributed by atoms with Gasteiger partial charge in [-0.05, 0) is 17.2 Å². The van der Waals surface area contributed by atoms with E-state index in [0.29, 0.717) is 16.7 Å². The number of urea groups is 1. The van der Waals surface area contributed by atoms with Crippen molar-refractivity contribution in [1.29, 1.82) is 0 Å². The summed E-state index contributed by atoms with van der Waals surface area (Å²) < 4.78 is 13.7. The minimum Gasteiger partial charge on any atom is -0.479 e. The van der Waals surface area contributed by atoms with Crippen LogP contribution >= 0.6 is 0 Å². The van der Waals surface area contributed by atoms with E-state index in [1.165, 1.54) is 18.2 Å². The van der Waals surface area contributed by atoms with Crippen LogP contribution in [0.25, 0.3) is 11.1 Å². The molecule has 2 aromatic carbocycles. The van der Waals surface area contributed by atoms with Crippen LogP contribution in [0.15, 0.2) is 48.5 Å². The average molecular weight is 288 g/mol. The van der Waals surface area contributed by atoms with E-state index in [2.05, 4.69) is 5.32 Å². The summed E-state index contributed by atoms with van der Waals surface area (Å²) >= 11 is 0. The summed E-state index contributed by atoms with van der Waals surface area (Å²) in [6, 6.07) is 10.3. The lowest BCUT2D eigenvalue weighted by Gasteiger charge is -2.13. The number of nitrogens with one attached hydrogen (secondary N) is 1. The highest BCUT2D eigenvalue weighted by molar-refractivity contribution is 5.83. The van der Waals surface area contributed by atoms with E-state index in [4.69, 9.17) is 10.8 Å². The third kappa shape index (κ3) is 3.36. The molecule has 0 saturated carbocycles. The first-order chi connectivity index (χ1) is 9.99. The number of hydrogen-bond acceptors (Lipinski definition) is 2. The number of carboxylic acid groups (broad SMARTS) is 1. The van der Waals surface area contributed by atoms with Gasteiger partial charge in [0.05, 0.1) is 0 Å². The Labute approximate surface area is 120 Å². The molecule has 6 heteroatoms. The van der Waals surface area contributed by atoms with Crippen molar-refractivity contribution >= 4 is 12.0 Å². The van der Waals surface area contributed by atoms with Gasteiger partial charge < -0.3 is 16.2 Å². The van der Waals surface area contributed by atoms with Crippen LogP contribution in [0.1, 0.15) is 11.6 Å². The van der Waals surface area contributed by atoms with Gasteiger partial charge in [-0.2, -0.15) is 0 Å². The van der Waals surface area contributed by atoms with Gasteiger partial charge >= 0.3 is 12.0 Å². The topological polar surface area (TPSA) is 92.4 Å². The molecule has 0 heterocycles. The maximum Gasteiger partial charge on any atom is 0.330 e. The summed E-state index contributed by atoms with van der Waals surface area (Å²) in [5.74, 6) is -1.59. The van der Waals surface area contributed by atoms with Crippen molar-refractivity contribution in [2.45, 2.75) is 6.04 Å². The molecule has 0 fully saturated rings. The fourth-order valence-electron chi connectivity index (χ4n) is 1.98. The molecule has 0 aromatic heterocycles. The van der Waals surface area contributed by atoms with E-state index in [9.17, 15) is 14.0 Å². The molecule has 5 nitrogen and oxygen atoms in total. The summed E-state index contributed by atoms with van der Waals surface area (Å²) in [5.41, 5.74) is 6.32. The highest BCUT2D eigenvalue weighted by Gasteiger charge is 2.20. The lowest BCUT2D eigenvalue weighted by molar-refractivity contribution is -0.139. The summed E-state index contributed by atoms with van der Waals surface area (Å²) in [6.45, 7) is 0. The van der Waals surface area contributed by atoms with E-state index in [0.717, 1.165) is 0 Å². The molecular weight excluding hydrogens is 275 g/mol. The molecule has 2 rings (SSSR count). The Hall–Kier alpha value is -2.89. The van der Waals surface area contributed by atoms with E-state index in [1.54, 1.807) is 30.3 Å². The number of hydrogen-bond donors (Lipinski definition) is 3. The molecule has 0 aliphatic heterocycles. The maximum absolute atomic E-state index is 13.7. The zero-order chi connectivity index (χ0) is 15.4. The zero-order valence-corrected chi connectivity index (χ0v) is 10.9. The van der Waals surface area contributed by atoms with Gasteiger partial charge in [0.1, 0.15) is 5.82 Å². The third-order valence-corrected chi connectivity index (χ3v) is 2.96. The number of aliphatic carboxylic acids is 1. The van der Waals surface area contributed by atoms with Gasteiger partial charge in [-0.1, -0.05) is 42.5 Å². The van der Waals surface area contributed by atoms with Crippen LogP contribution in [0.4, 0.5) is 9.18 Å². The Morgan fingerprint density at radius 2 is 1.71 bits per heavy atom. The fraction of sp³-hybridized carbons (Fsp3) is 0.0667. The van der Waals surface area contributed by atoms with Gasteiger partial charge in [0.25, 0.3) is 0 Å². The standard InChI is InChI=1S/C15H13FN2O3/c16-12-4-2-1-3-11(12)9-5-7-10(8-6-9)13(14(19)20)18-15(17)21/h1-8,13H,(H,19,20)(H3,17,18,21). The minimum absolute atomic E-state index is 0.349. The Kier molecular flexibility index (Phi) is 4.18. The van der Waals surface area contributed by atoms with Crippen molar-refractivity contribution in [2.75, 3.05) is 0 Å². The van der Waals surface area contributed by atoms with Crippen molar-refractivity contribution < 1.29 is 19.1 Å². The number of carboxylic acids is 1. The second kappa shape index (κ2) is 6.04. The Balaban J connectivity index is 2.32. The molecule has 2 aromatic rings. The molecule has 1 atom stereocenters. The monoisotopic (exact) mass is 288 g/mol. The van der Waals surface area contributed by atoms with Gasteiger partial charge in [0.2, 0.25) is 0 Å². The number of primary amides is 1. The lowest BCUT2D eigenvalue weighted by Crippen LogP contribution is -2.37. The van der Waals surface area contributed by atoms with Crippen molar-refractivity contribution in [3.05, 3.63) is 59.9 Å². The average Bonchev–Trinajstić information content (AvgIpc) is 2.45. The largest absolute Gasteiger partial charge is 0.479 e. The van der Waals surface area contributed by atoms with Crippen molar-refractivity contribution in [3.63, 3.8) is 0 Å². The van der Waals surface area contributed by atoms with Crippen LogP contribution in [-0.2, 0) is 4.79 Å². The molecule has 21 heavy (non-hydrogen) atoms. The first-order valence-corrected chi connectivity index (χ1v) is 6.12.